The van der Waals surface area contributed by atoms with Gasteiger partial charge < -0.3 is 0 Å². The van der Waals surface area contributed by atoms with Gasteiger partial charge in [-0.3, -0.25) is 14.1 Å². The first-order valence-electron chi connectivity index (χ1n) is 10.3. The van der Waals surface area contributed by atoms with Gasteiger partial charge in [0.25, 0.3) is 0 Å². The highest BCUT2D eigenvalue weighted by Crippen LogP contribution is 2.27. The monoisotopic (exact) mass is 493 g/mol. The normalized spacial score (nSPS) is 12.6. The van der Waals surface area contributed by atoms with E-state index in [0.717, 1.165) is 23.3 Å². The molecule has 0 saturated heterocycles. The third kappa shape index (κ3) is 3.49. The highest BCUT2D eigenvalue weighted by Gasteiger charge is 2.19. The predicted molar refractivity (Wildman–Crippen MR) is 122 cm³/mol. The Morgan fingerprint density at radius 2 is 1.60 bits per heavy atom. The van der Waals surface area contributed by atoms with Crippen LogP contribution in [-0.2, 0) is 18.0 Å². The molecule has 5 heterocycles. The molecule has 12 heteroatoms. The Hall–Kier alpha value is -4.32. The highest BCUT2D eigenvalue weighted by molar-refractivity contribution is 7.83. The number of halogens is 3. The second-order valence-electron chi connectivity index (χ2n) is 7.79. The van der Waals surface area contributed by atoms with Crippen molar-refractivity contribution in [2.45, 2.75) is 5.03 Å². The number of fused-ring (bicyclic) bond motifs is 2. The lowest BCUT2D eigenvalue weighted by molar-refractivity contribution is 0.447. The minimum absolute atomic E-state index is 0.128. The minimum Gasteiger partial charge on any atom is -0.290 e. The van der Waals surface area contributed by atoms with Crippen LogP contribution in [0.1, 0.15) is 0 Å². The zero-order valence-corrected chi connectivity index (χ0v) is 18.7. The number of rotatable bonds is 4. The number of hydrogen-bond donors (Lipinski definition) is 0. The van der Waals surface area contributed by atoms with Gasteiger partial charge in [-0.25, -0.2) is 22.4 Å². The van der Waals surface area contributed by atoms with E-state index >= 15 is 0 Å². The molecular formula is C23H14F3N7OS. The lowest BCUT2D eigenvalue weighted by atomic mass is 10.1. The van der Waals surface area contributed by atoms with E-state index in [1.54, 1.807) is 29.2 Å². The summed E-state index contributed by atoms with van der Waals surface area (Å²) in [7, 11) is -0.0252. The molecule has 1 atom stereocenters. The Morgan fingerprint density at radius 1 is 0.800 bits per heavy atom. The number of pyridine rings is 2. The fraction of sp³-hybridized carbons (Fsp3) is 0.0435. The van der Waals surface area contributed by atoms with Crippen molar-refractivity contribution in [2.24, 2.45) is 7.05 Å². The number of aromatic nitrogens is 7. The SMILES string of the molecule is Cn1cc(-c2cnc3cnn(S(=O)c4cnc5ccc(-c6cc(F)c(F)c(F)c6)cn45)c3c2)cn1. The minimum atomic E-state index is -1.83. The molecule has 5 aromatic heterocycles. The molecule has 35 heavy (non-hydrogen) atoms. The summed E-state index contributed by atoms with van der Waals surface area (Å²) in [5.41, 5.74) is 3.70. The molecule has 0 saturated carbocycles. The van der Waals surface area contributed by atoms with Crippen molar-refractivity contribution in [3.8, 4) is 22.3 Å². The molecule has 8 nitrogen and oxygen atoms in total. The Balaban J connectivity index is 1.45. The third-order valence-corrected chi connectivity index (χ3v) is 6.82. The number of aryl methyl sites for hydroxylation is 1. The summed E-state index contributed by atoms with van der Waals surface area (Å²) in [5, 5.41) is 8.71. The first-order valence-corrected chi connectivity index (χ1v) is 11.4. The summed E-state index contributed by atoms with van der Waals surface area (Å²) in [5.74, 6) is -4.13. The van der Waals surface area contributed by atoms with E-state index in [9.17, 15) is 17.4 Å². The van der Waals surface area contributed by atoms with E-state index in [0.29, 0.717) is 22.2 Å². The number of nitrogens with zero attached hydrogens (tertiary/aromatic N) is 7. The molecule has 0 aliphatic rings. The smallest absolute Gasteiger partial charge is 0.194 e. The zero-order valence-electron chi connectivity index (χ0n) is 17.9. The van der Waals surface area contributed by atoms with Gasteiger partial charge >= 0.3 is 0 Å². The van der Waals surface area contributed by atoms with Gasteiger partial charge in [-0.1, -0.05) is 0 Å². The predicted octanol–water partition coefficient (Wildman–Crippen LogP) is 4.13. The lowest BCUT2D eigenvalue weighted by Crippen LogP contribution is -2.09. The van der Waals surface area contributed by atoms with Gasteiger partial charge in [0, 0.05) is 36.8 Å². The maximum absolute atomic E-state index is 13.8. The quantitative estimate of drug-likeness (QED) is 0.345. The third-order valence-electron chi connectivity index (χ3n) is 5.55. The Labute approximate surface area is 197 Å². The van der Waals surface area contributed by atoms with Gasteiger partial charge in [-0.2, -0.15) is 14.3 Å². The summed E-state index contributed by atoms with van der Waals surface area (Å²) in [4.78, 5) is 8.69. The van der Waals surface area contributed by atoms with Gasteiger partial charge in [-0.05, 0) is 41.5 Å². The Morgan fingerprint density at radius 3 is 2.34 bits per heavy atom. The van der Waals surface area contributed by atoms with Gasteiger partial charge in [-0.15, -0.1) is 0 Å². The molecule has 0 aliphatic heterocycles. The van der Waals surface area contributed by atoms with Crippen LogP contribution in [0.2, 0.25) is 0 Å². The topological polar surface area (TPSA) is 82.9 Å². The van der Waals surface area contributed by atoms with E-state index in [2.05, 4.69) is 20.2 Å². The molecule has 0 bridgehead atoms. The largest absolute Gasteiger partial charge is 0.290 e. The maximum atomic E-state index is 13.8. The maximum Gasteiger partial charge on any atom is 0.194 e. The number of benzene rings is 1. The average Bonchev–Trinajstić information content (AvgIpc) is 3.59. The van der Waals surface area contributed by atoms with E-state index in [1.165, 1.54) is 27.1 Å². The standard InChI is InChI=1S/C23H14F3N7OS/c1-31-11-16(8-29-31)15-6-20-19(27-7-15)9-30-33(20)35(34)22-10-28-21-3-2-13(12-32(21)22)14-4-17(24)23(26)18(25)5-14/h2-12H,1H3. The van der Waals surface area contributed by atoms with Crippen LogP contribution in [-0.4, -0.2) is 37.5 Å². The van der Waals surface area contributed by atoms with Crippen LogP contribution in [0.4, 0.5) is 13.2 Å². The van der Waals surface area contributed by atoms with Crippen LogP contribution in [0.15, 0.2) is 72.5 Å². The molecule has 6 rings (SSSR count). The highest BCUT2D eigenvalue weighted by atomic mass is 32.2. The van der Waals surface area contributed by atoms with Crippen LogP contribution in [0, 0.1) is 17.5 Å². The van der Waals surface area contributed by atoms with E-state index < -0.39 is 28.4 Å². The molecule has 0 amide bonds. The van der Waals surface area contributed by atoms with Gasteiger partial charge in [0.1, 0.15) is 16.7 Å². The van der Waals surface area contributed by atoms with Crippen LogP contribution in [0.25, 0.3) is 38.9 Å². The fourth-order valence-electron chi connectivity index (χ4n) is 3.81. The van der Waals surface area contributed by atoms with Crippen molar-refractivity contribution in [3.05, 3.63) is 85.0 Å². The first kappa shape index (κ1) is 21.2. The molecule has 0 radical (unpaired) electrons. The lowest BCUT2D eigenvalue weighted by Gasteiger charge is -2.07. The van der Waals surface area contributed by atoms with Crippen molar-refractivity contribution in [1.82, 2.24) is 33.3 Å². The second kappa shape index (κ2) is 7.87. The van der Waals surface area contributed by atoms with Crippen molar-refractivity contribution < 1.29 is 17.4 Å². The molecule has 0 fully saturated rings. The first-order chi connectivity index (χ1) is 16.9. The second-order valence-corrected chi connectivity index (χ2v) is 9.06. The van der Waals surface area contributed by atoms with E-state index in [-0.39, 0.29) is 10.6 Å². The molecule has 0 N–H and O–H groups in total. The van der Waals surface area contributed by atoms with Gasteiger partial charge in [0.05, 0.1) is 18.6 Å². The summed E-state index contributed by atoms with van der Waals surface area (Å²) in [6.45, 7) is 0. The van der Waals surface area contributed by atoms with E-state index in [1.807, 2.05) is 19.3 Å². The fourth-order valence-corrected chi connectivity index (χ4v) is 4.91. The van der Waals surface area contributed by atoms with Crippen molar-refractivity contribution in [1.29, 1.82) is 0 Å². The summed E-state index contributed by atoms with van der Waals surface area (Å²) in [6.07, 6.45) is 9.72. The molecule has 1 aromatic carbocycles. The number of imidazole rings is 1. The molecule has 174 valence electrons. The van der Waals surface area contributed by atoms with Gasteiger partial charge in [0.2, 0.25) is 0 Å². The van der Waals surface area contributed by atoms with E-state index in [4.69, 9.17) is 0 Å². The van der Waals surface area contributed by atoms with Crippen LogP contribution in [0.3, 0.4) is 0 Å². The van der Waals surface area contributed by atoms with Crippen molar-refractivity contribution in [2.75, 3.05) is 0 Å². The zero-order chi connectivity index (χ0) is 24.3. The summed E-state index contributed by atoms with van der Waals surface area (Å²) in [6, 6.07) is 6.83. The Bertz CT molecular complexity index is 1770. The van der Waals surface area contributed by atoms with Crippen LogP contribution in [0.5, 0.6) is 0 Å². The van der Waals surface area contributed by atoms with Gasteiger partial charge in [0.15, 0.2) is 33.5 Å². The Kier molecular flexibility index (Phi) is 4.78. The van der Waals surface area contributed by atoms with Crippen LogP contribution >= 0.6 is 0 Å². The number of hydrogen-bond acceptors (Lipinski definition) is 5. The van der Waals surface area contributed by atoms with Crippen molar-refractivity contribution in [3.63, 3.8) is 0 Å². The van der Waals surface area contributed by atoms with Crippen molar-refractivity contribution >= 4 is 27.7 Å². The molecular weight excluding hydrogens is 479 g/mol. The molecule has 6 aromatic rings. The summed E-state index contributed by atoms with van der Waals surface area (Å²) >= 11 is 0. The molecule has 0 spiro atoms. The summed E-state index contributed by atoms with van der Waals surface area (Å²) < 4.78 is 59.1. The average molecular weight is 493 g/mol. The molecule has 1 unspecified atom stereocenters. The molecule has 0 aliphatic carbocycles. The van der Waals surface area contributed by atoms with Crippen LogP contribution < -0.4 is 0 Å².